The normalized spacial score (nSPS) is 13.6. The minimum Gasteiger partial charge on any atom is -0.481 e. The number of amides is 1. The summed E-state index contributed by atoms with van der Waals surface area (Å²) in [6, 6.07) is 10.1. The maximum Gasteiger partial charge on any atom is 0.257 e. The van der Waals surface area contributed by atoms with Gasteiger partial charge in [0, 0.05) is 94.2 Å². The number of piperazine rings is 1. The Balaban J connectivity index is 1.29. The van der Waals surface area contributed by atoms with Crippen LogP contribution in [-0.4, -0.2) is 87.6 Å². The highest BCUT2D eigenvalue weighted by Crippen LogP contribution is 2.33. The SMILES string of the molecule is COc1ccc(N2CCN(c3ccc(-c4cc(-c5cnn(C)c5)cn5ncc(C(=O)N(C)C)c45)cn3)CC2)cn1. The average molecular weight is 538 g/mol. The number of hydrogen-bond acceptors (Lipinski definition) is 8. The van der Waals surface area contributed by atoms with Gasteiger partial charge in [0.2, 0.25) is 5.88 Å². The first-order chi connectivity index (χ1) is 19.4. The second-order valence-electron chi connectivity index (χ2n) is 10.0. The number of anilines is 2. The number of nitrogens with zero attached hydrogens (tertiary/aromatic N) is 9. The highest BCUT2D eigenvalue weighted by Gasteiger charge is 2.22. The highest BCUT2D eigenvalue weighted by molar-refractivity contribution is 6.04. The maximum atomic E-state index is 13.0. The van der Waals surface area contributed by atoms with Crippen molar-refractivity contribution in [1.82, 2.24) is 34.3 Å². The molecule has 0 radical (unpaired) electrons. The van der Waals surface area contributed by atoms with E-state index in [9.17, 15) is 4.79 Å². The van der Waals surface area contributed by atoms with Crippen LogP contribution in [0.2, 0.25) is 0 Å². The Kier molecular flexibility index (Phi) is 6.54. The highest BCUT2D eigenvalue weighted by atomic mass is 16.5. The molecule has 11 nitrogen and oxygen atoms in total. The van der Waals surface area contributed by atoms with E-state index in [0.717, 1.165) is 65.5 Å². The van der Waals surface area contributed by atoms with Crippen molar-refractivity contribution < 1.29 is 9.53 Å². The van der Waals surface area contributed by atoms with Gasteiger partial charge in [0.25, 0.3) is 5.91 Å². The van der Waals surface area contributed by atoms with E-state index < -0.39 is 0 Å². The molecule has 1 aliphatic rings. The molecule has 5 aromatic heterocycles. The summed E-state index contributed by atoms with van der Waals surface area (Å²) in [5, 5.41) is 8.85. The van der Waals surface area contributed by atoms with Crippen molar-refractivity contribution in [2.45, 2.75) is 0 Å². The van der Waals surface area contributed by atoms with Crippen LogP contribution in [0.1, 0.15) is 10.4 Å². The molecule has 40 heavy (non-hydrogen) atoms. The molecule has 6 rings (SSSR count). The lowest BCUT2D eigenvalue weighted by molar-refractivity contribution is 0.0829. The smallest absolute Gasteiger partial charge is 0.257 e. The molecule has 204 valence electrons. The second-order valence-corrected chi connectivity index (χ2v) is 10.0. The third-order valence-corrected chi connectivity index (χ3v) is 7.24. The largest absolute Gasteiger partial charge is 0.481 e. The number of pyridine rings is 3. The summed E-state index contributed by atoms with van der Waals surface area (Å²) < 4.78 is 8.72. The van der Waals surface area contributed by atoms with Crippen LogP contribution in [0.15, 0.2) is 67.5 Å². The Morgan fingerprint density at radius 1 is 0.850 bits per heavy atom. The molecule has 0 aromatic carbocycles. The lowest BCUT2D eigenvalue weighted by Crippen LogP contribution is -2.46. The van der Waals surface area contributed by atoms with Crippen LogP contribution in [0.3, 0.4) is 0 Å². The molecule has 1 saturated heterocycles. The van der Waals surface area contributed by atoms with Crippen molar-refractivity contribution in [2.24, 2.45) is 7.05 Å². The van der Waals surface area contributed by atoms with Crippen LogP contribution >= 0.6 is 0 Å². The third kappa shape index (κ3) is 4.70. The Morgan fingerprint density at radius 3 is 2.27 bits per heavy atom. The molecule has 5 aromatic rings. The van der Waals surface area contributed by atoms with Gasteiger partial charge in [0.15, 0.2) is 0 Å². The first-order valence-electron chi connectivity index (χ1n) is 13.1. The van der Waals surface area contributed by atoms with Crippen molar-refractivity contribution >= 4 is 22.9 Å². The topological polar surface area (TPSA) is 96.9 Å². The van der Waals surface area contributed by atoms with Crippen LogP contribution in [0.25, 0.3) is 27.8 Å². The molecule has 0 spiro atoms. The van der Waals surface area contributed by atoms with Gasteiger partial charge in [0.1, 0.15) is 5.82 Å². The fraction of sp³-hybridized carbons (Fsp3) is 0.276. The Morgan fingerprint density at radius 2 is 1.65 bits per heavy atom. The molecule has 1 fully saturated rings. The van der Waals surface area contributed by atoms with Gasteiger partial charge in [-0.3, -0.25) is 9.48 Å². The van der Waals surface area contributed by atoms with Gasteiger partial charge in [-0.2, -0.15) is 10.2 Å². The van der Waals surface area contributed by atoms with Crippen LogP contribution < -0.4 is 14.5 Å². The zero-order valence-electron chi connectivity index (χ0n) is 23.0. The quantitative estimate of drug-likeness (QED) is 0.326. The molecular formula is C29H31N9O2. The first-order valence-corrected chi connectivity index (χ1v) is 13.1. The Hall–Kier alpha value is -4.93. The monoisotopic (exact) mass is 537 g/mol. The van der Waals surface area contributed by atoms with Gasteiger partial charge in [-0.1, -0.05) is 0 Å². The number of ether oxygens (including phenoxy) is 1. The van der Waals surface area contributed by atoms with Crippen molar-refractivity contribution in [3.05, 3.63) is 73.1 Å². The van der Waals surface area contributed by atoms with E-state index >= 15 is 0 Å². The molecule has 0 N–H and O–H groups in total. The van der Waals surface area contributed by atoms with E-state index in [2.05, 4.69) is 43.2 Å². The summed E-state index contributed by atoms with van der Waals surface area (Å²) in [7, 11) is 7.01. The molecule has 1 aliphatic heterocycles. The van der Waals surface area contributed by atoms with E-state index in [4.69, 9.17) is 9.72 Å². The van der Waals surface area contributed by atoms with Gasteiger partial charge in [-0.25, -0.2) is 14.5 Å². The summed E-state index contributed by atoms with van der Waals surface area (Å²) in [4.78, 5) is 28.4. The predicted molar refractivity (Wildman–Crippen MR) is 154 cm³/mol. The number of rotatable bonds is 6. The summed E-state index contributed by atoms with van der Waals surface area (Å²) in [5.74, 6) is 1.44. The number of carbonyl (C=O) groups is 1. The molecule has 6 heterocycles. The van der Waals surface area contributed by atoms with Gasteiger partial charge in [0.05, 0.1) is 42.5 Å². The zero-order chi connectivity index (χ0) is 27.8. The number of aromatic nitrogens is 6. The predicted octanol–water partition coefficient (Wildman–Crippen LogP) is 3.23. The molecule has 0 unspecified atom stereocenters. The third-order valence-electron chi connectivity index (χ3n) is 7.24. The lowest BCUT2D eigenvalue weighted by atomic mass is 10.0. The van der Waals surface area contributed by atoms with Crippen molar-refractivity contribution in [3.63, 3.8) is 0 Å². The standard InChI is InChI=1S/C29H31N9O2/c1-34(2)29(39)25-17-33-38-19-21(22-15-32-35(3)18-22)13-24(28(25)38)20-5-7-26(30-14-20)37-11-9-36(10-12-37)23-6-8-27(40-4)31-16-23/h5-8,13-19H,9-12H2,1-4H3. The molecule has 11 heteroatoms. The number of methoxy groups -OCH3 is 1. The fourth-order valence-corrected chi connectivity index (χ4v) is 5.07. The second kappa shape index (κ2) is 10.3. The van der Waals surface area contributed by atoms with E-state index in [1.54, 1.807) is 41.5 Å². The van der Waals surface area contributed by atoms with Crippen molar-refractivity contribution in [3.8, 4) is 28.1 Å². The molecule has 0 atom stereocenters. The van der Waals surface area contributed by atoms with Crippen LogP contribution in [0, 0.1) is 0 Å². The number of fused-ring (bicyclic) bond motifs is 1. The van der Waals surface area contributed by atoms with Crippen molar-refractivity contribution in [1.29, 1.82) is 0 Å². The van der Waals surface area contributed by atoms with Gasteiger partial charge in [-0.05, 0) is 24.3 Å². The van der Waals surface area contributed by atoms with Gasteiger partial charge < -0.3 is 19.4 Å². The van der Waals surface area contributed by atoms with E-state index in [1.807, 2.05) is 50.2 Å². The number of carbonyl (C=O) groups excluding carboxylic acids is 1. The zero-order valence-corrected chi connectivity index (χ0v) is 23.0. The minimum absolute atomic E-state index is 0.0973. The van der Waals surface area contributed by atoms with E-state index in [1.165, 1.54) is 0 Å². The minimum atomic E-state index is -0.0973. The van der Waals surface area contributed by atoms with Gasteiger partial charge >= 0.3 is 0 Å². The molecular weight excluding hydrogens is 506 g/mol. The number of hydrogen-bond donors (Lipinski definition) is 0. The fourth-order valence-electron chi connectivity index (χ4n) is 5.07. The Labute approximate surface area is 232 Å². The summed E-state index contributed by atoms with van der Waals surface area (Å²) in [6.07, 6.45) is 11.1. The Bertz CT molecular complexity index is 1650. The summed E-state index contributed by atoms with van der Waals surface area (Å²) in [6.45, 7) is 3.44. The summed E-state index contributed by atoms with van der Waals surface area (Å²) >= 11 is 0. The van der Waals surface area contributed by atoms with Crippen molar-refractivity contribution in [2.75, 3.05) is 57.2 Å². The molecule has 0 aliphatic carbocycles. The van der Waals surface area contributed by atoms with E-state index in [0.29, 0.717) is 11.4 Å². The van der Waals surface area contributed by atoms with Crippen LogP contribution in [0.4, 0.5) is 11.5 Å². The number of aryl methyl sites for hydroxylation is 1. The average Bonchev–Trinajstić information content (AvgIpc) is 3.63. The molecule has 1 amide bonds. The lowest BCUT2D eigenvalue weighted by Gasteiger charge is -2.36. The first kappa shape index (κ1) is 25.4. The van der Waals surface area contributed by atoms with Crippen LogP contribution in [0.5, 0.6) is 5.88 Å². The molecule has 0 bridgehead atoms. The maximum absolute atomic E-state index is 13.0. The van der Waals surface area contributed by atoms with Crippen LogP contribution in [-0.2, 0) is 7.05 Å². The molecule has 0 saturated carbocycles. The van der Waals surface area contributed by atoms with Gasteiger partial charge in [-0.15, -0.1) is 0 Å². The van der Waals surface area contributed by atoms with E-state index in [-0.39, 0.29) is 5.91 Å². The summed E-state index contributed by atoms with van der Waals surface area (Å²) in [5.41, 5.74) is 6.11.